The Hall–Kier alpha value is -3.27. The van der Waals surface area contributed by atoms with Crippen molar-refractivity contribution in [2.75, 3.05) is 7.11 Å². The van der Waals surface area contributed by atoms with Crippen LogP contribution < -0.4 is 15.4 Å². The predicted octanol–water partition coefficient (Wildman–Crippen LogP) is 3.88. The number of halogens is 3. The van der Waals surface area contributed by atoms with Crippen LogP contribution in [0.25, 0.3) is 11.0 Å². The van der Waals surface area contributed by atoms with Gasteiger partial charge in [-0.15, -0.1) is 0 Å². The number of carbonyl (C=O) groups excluding carboxylic acids is 1. The summed E-state index contributed by atoms with van der Waals surface area (Å²) in [5, 5.41) is 15.2. The summed E-state index contributed by atoms with van der Waals surface area (Å²) in [6, 6.07) is 4.56. The molecule has 1 saturated carbocycles. The van der Waals surface area contributed by atoms with Crippen molar-refractivity contribution in [3.05, 3.63) is 59.2 Å². The smallest absolute Gasteiger partial charge is 0.315 e. The van der Waals surface area contributed by atoms with Crippen LogP contribution in [0, 0.1) is 17.5 Å². The molecule has 2 amide bonds. The van der Waals surface area contributed by atoms with Crippen LogP contribution in [0.4, 0.5) is 18.0 Å². The fraction of sp³-hybridized carbons (Fsp3) is 0.391. The number of rotatable bonds is 6. The number of aromatic nitrogens is 2. The molecular formula is C23H25F3N4O3. The molecule has 2 aromatic carbocycles. The highest BCUT2D eigenvalue weighted by Gasteiger charge is 2.26. The third kappa shape index (κ3) is 5.39. The van der Waals surface area contributed by atoms with Crippen molar-refractivity contribution < 1.29 is 27.8 Å². The Morgan fingerprint density at radius 3 is 2.55 bits per heavy atom. The summed E-state index contributed by atoms with van der Waals surface area (Å²) in [6.45, 7) is 0. The summed E-state index contributed by atoms with van der Waals surface area (Å²) >= 11 is 0. The van der Waals surface area contributed by atoms with Gasteiger partial charge < -0.3 is 25.5 Å². The molecule has 1 aliphatic rings. The maximum atomic E-state index is 14.6. The van der Waals surface area contributed by atoms with Gasteiger partial charge in [-0.25, -0.2) is 22.9 Å². The van der Waals surface area contributed by atoms with E-state index in [2.05, 4.69) is 20.6 Å². The van der Waals surface area contributed by atoms with E-state index < -0.39 is 29.5 Å². The molecule has 4 N–H and O–H groups in total. The Morgan fingerprint density at radius 1 is 1.18 bits per heavy atom. The minimum absolute atomic E-state index is 0.0368. The van der Waals surface area contributed by atoms with Crippen LogP contribution in [0.2, 0.25) is 0 Å². The summed E-state index contributed by atoms with van der Waals surface area (Å²) in [5.74, 6) is -1.84. The number of hydrogen-bond acceptors (Lipinski definition) is 4. The lowest BCUT2D eigenvalue weighted by Gasteiger charge is -2.27. The largest absolute Gasteiger partial charge is 0.497 e. The highest BCUT2D eigenvalue weighted by Crippen LogP contribution is 2.26. The highest BCUT2D eigenvalue weighted by molar-refractivity contribution is 5.76. The number of aliphatic hydroxyl groups is 1. The average Bonchev–Trinajstić information content (AvgIpc) is 3.20. The Labute approximate surface area is 188 Å². The van der Waals surface area contributed by atoms with E-state index in [0.717, 1.165) is 12.1 Å². The highest BCUT2D eigenvalue weighted by atomic mass is 19.1. The molecule has 7 nitrogen and oxygen atoms in total. The zero-order chi connectivity index (χ0) is 23.5. The van der Waals surface area contributed by atoms with Gasteiger partial charge in [0, 0.05) is 36.2 Å². The molecule has 1 aromatic heterocycles. The van der Waals surface area contributed by atoms with Crippen LogP contribution in [0.3, 0.4) is 0 Å². The molecule has 3 aromatic rings. The molecule has 10 heteroatoms. The van der Waals surface area contributed by atoms with Crippen LogP contribution in [-0.2, 0) is 6.42 Å². The number of nitrogens with zero attached hydrogens (tertiary/aromatic N) is 1. The van der Waals surface area contributed by atoms with Gasteiger partial charge in [-0.2, -0.15) is 0 Å². The van der Waals surface area contributed by atoms with Crippen molar-refractivity contribution in [3.63, 3.8) is 0 Å². The molecule has 1 fully saturated rings. The molecule has 1 heterocycles. The summed E-state index contributed by atoms with van der Waals surface area (Å²) in [6.07, 6.45) is 1.84. The van der Waals surface area contributed by atoms with Gasteiger partial charge in [0.05, 0.1) is 30.3 Å². The zero-order valence-electron chi connectivity index (χ0n) is 18.0. The summed E-state index contributed by atoms with van der Waals surface area (Å²) in [5.41, 5.74) is 0.609. The number of fused-ring (bicyclic) bond motifs is 1. The van der Waals surface area contributed by atoms with Crippen molar-refractivity contribution in [1.82, 2.24) is 20.6 Å². The summed E-state index contributed by atoms with van der Waals surface area (Å²) in [7, 11) is 1.31. The van der Waals surface area contributed by atoms with Gasteiger partial charge in [0.1, 0.15) is 29.0 Å². The van der Waals surface area contributed by atoms with E-state index >= 15 is 0 Å². The van der Waals surface area contributed by atoms with Gasteiger partial charge >= 0.3 is 6.03 Å². The standard InChI is InChI=1S/C23H25F3N4O3/c1-33-15-9-17(25)16(18(26)10-15)11-21(22-28-19-7-2-12(24)8-20(19)29-22)30-23(32)27-13-3-5-14(31)6-4-13/h2,7-10,13-14,21,31H,3-6,11H2,1H3,(H,28,29)(H2,27,30,32)/t13-,14-,21-/m1/s1. The third-order valence-electron chi connectivity index (χ3n) is 5.89. The van der Waals surface area contributed by atoms with Gasteiger partial charge in [0.15, 0.2) is 0 Å². The van der Waals surface area contributed by atoms with Crippen LogP contribution in [-0.4, -0.2) is 40.4 Å². The first-order chi connectivity index (χ1) is 15.8. The normalized spacial score (nSPS) is 19.3. The number of H-pyrrole nitrogens is 1. The number of carbonyl (C=O) groups is 1. The van der Waals surface area contributed by atoms with Gasteiger partial charge in [0.2, 0.25) is 0 Å². The van der Waals surface area contributed by atoms with E-state index in [1.54, 1.807) is 0 Å². The number of imidazole rings is 1. The first-order valence-corrected chi connectivity index (χ1v) is 10.7. The van der Waals surface area contributed by atoms with Crippen LogP contribution in [0.15, 0.2) is 30.3 Å². The molecule has 176 valence electrons. The number of aromatic amines is 1. The monoisotopic (exact) mass is 462 g/mol. The molecule has 0 unspecified atom stereocenters. The molecule has 1 atom stereocenters. The molecule has 0 aliphatic heterocycles. The fourth-order valence-corrected chi connectivity index (χ4v) is 4.08. The second-order valence-corrected chi connectivity index (χ2v) is 8.23. The lowest BCUT2D eigenvalue weighted by atomic mass is 9.93. The number of ether oxygens (including phenoxy) is 1. The predicted molar refractivity (Wildman–Crippen MR) is 115 cm³/mol. The van der Waals surface area contributed by atoms with E-state index in [0.29, 0.717) is 36.7 Å². The first-order valence-electron chi connectivity index (χ1n) is 10.7. The summed E-state index contributed by atoms with van der Waals surface area (Å²) in [4.78, 5) is 20.0. The van der Waals surface area contributed by atoms with Crippen molar-refractivity contribution in [3.8, 4) is 5.75 Å². The molecule has 0 bridgehead atoms. The number of aliphatic hydroxyl groups excluding tert-OH is 1. The molecular weight excluding hydrogens is 437 g/mol. The fourth-order valence-electron chi connectivity index (χ4n) is 4.08. The van der Waals surface area contributed by atoms with Crippen molar-refractivity contribution in [1.29, 1.82) is 0 Å². The van der Waals surface area contributed by atoms with Crippen molar-refractivity contribution in [2.24, 2.45) is 0 Å². The number of methoxy groups -OCH3 is 1. The first kappa shape index (κ1) is 22.9. The number of nitrogens with one attached hydrogen (secondary N) is 3. The third-order valence-corrected chi connectivity index (χ3v) is 5.89. The van der Waals surface area contributed by atoms with E-state index in [1.165, 1.54) is 25.3 Å². The maximum Gasteiger partial charge on any atom is 0.315 e. The second kappa shape index (κ2) is 9.70. The summed E-state index contributed by atoms with van der Waals surface area (Å²) < 4.78 is 47.8. The van der Waals surface area contributed by atoms with Crippen LogP contribution >= 0.6 is 0 Å². The Bertz CT molecular complexity index is 1120. The average molecular weight is 462 g/mol. The Morgan fingerprint density at radius 2 is 1.88 bits per heavy atom. The number of urea groups is 1. The maximum absolute atomic E-state index is 14.6. The second-order valence-electron chi connectivity index (χ2n) is 8.23. The number of amides is 2. The van der Waals surface area contributed by atoms with Gasteiger partial charge in [-0.3, -0.25) is 0 Å². The van der Waals surface area contributed by atoms with Crippen LogP contribution in [0.1, 0.15) is 43.1 Å². The molecule has 33 heavy (non-hydrogen) atoms. The number of hydrogen-bond donors (Lipinski definition) is 4. The minimum atomic E-state index is -0.924. The van der Waals surface area contributed by atoms with Gasteiger partial charge in [-0.1, -0.05) is 0 Å². The Balaban J connectivity index is 1.59. The van der Waals surface area contributed by atoms with E-state index in [-0.39, 0.29) is 35.7 Å². The van der Waals surface area contributed by atoms with E-state index in [4.69, 9.17) is 4.74 Å². The van der Waals surface area contributed by atoms with E-state index in [9.17, 15) is 23.1 Å². The number of benzene rings is 2. The SMILES string of the molecule is COc1cc(F)c(C[C@@H](NC(=O)N[C@H]2CC[C@H](O)CC2)c2nc3cc(F)ccc3[nH]2)c(F)c1. The lowest BCUT2D eigenvalue weighted by Crippen LogP contribution is -2.45. The van der Waals surface area contributed by atoms with Crippen molar-refractivity contribution >= 4 is 17.1 Å². The topological polar surface area (TPSA) is 99.3 Å². The minimum Gasteiger partial charge on any atom is -0.497 e. The molecule has 1 aliphatic carbocycles. The molecule has 0 saturated heterocycles. The molecule has 0 spiro atoms. The Kier molecular flexibility index (Phi) is 6.73. The van der Waals surface area contributed by atoms with E-state index in [1.807, 2.05) is 0 Å². The van der Waals surface area contributed by atoms with Gasteiger partial charge in [0.25, 0.3) is 0 Å². The van der Waals surface area contributed by atoms with Crippen LogP contribution in [0.5, 0.6) is 5.75 Å². The quantitative estimate of drug-likeness (QED) is 0.447. The zero-order valence-corrected chi connectivity index (χ0v) is 18.0. The van der Waals surface area contributed by atoms with Crippen molar-refractivity contribution in [2.45, 2.75) is 50.3 Å². The molecule has 4 rings (SSSR count). The van der Waals surface area contributed by atoms with Gasteiger partial charge in [-0.05, 0) is 37.8 Å². The lowest BCUT2D eigenvalue weighted by molar-refractivity contribution is 0.117. The molecule has 0 radical (unpaired) electrons.